The number of para-hydroxylation sites is 2. The maximum absolute atomic E-state index is 11.1. The Morgan fingerprint density at radius 1 is 1.00 bits per heavy atom. The molecule has 0 spiro atoms. The quantitative estimate of drug-likeness (QED) is 0.758. The predicted molar refractivity (Wildman–Crippen MR) is 81.2 cm³/mol. The number of nitrogens with zero attached hydrogens (tertiary/aromatic N) is 1. The molecular formula is C16H17N3O. The van der Waals surface area contributed by atoms with Crippen LogP contribution in [0.25, 0.3) is 21.8 Å². The maximum atomic E-state index is 11.1. The van der Waals surface area contributed by atoms with E-state index in [1.165, 1.54) is 10.8 Å². The summed E-state index contributed by atoms with van der Waals surface area (Å²) in [7, 11) is 0. The molecule has 1 aromatic heterocycles. The summed E-state index contributed by atoms with van der Waals surface area (Å²) >= 11 is 0. The van der Waals surface area contributed by atoms with E-state index in [1.807, 2.05) is 24.3 Å². The number of benzene rings is 2. The Morgan fingerprint density at radius 2 is 1.50 bits per heavy atom. The average molecular weight is 267 g/mol. The summed E-state index contributed by atoms with van der Waals surface area (Å²) in [5.74, 6) is -0.453. The third kappa shape index (κ3) is 2.04. The fourth-order valence-corrected chi connectivity index (χ4v) is 2.65. The van der Waals surface area contributed by atoms with Gasteiger partial charge in [0.25, 0.3) is 0 Å². The fraction of sp³-hybridized carbons (Fsp3) is 0.188. The monoisotopic (exact) mass is 267 g/mol. The van der Waals surface area contributed by atoms with Crippen molar-refractivity contribution in [3.63, 3.8) is 0 Å². The first kappa shape index (κ1) is 12.7. The van der Waals surface area contributed by atoms with Crippen LogP contribution >= 0.6 is 0 Å². The van der Waals surface area contributed by atoms with Crippen LogP contribution in [0.2, 0.25) is 0 Å². The van der Waals surface area contributed by atoms with Gasteiger partial charge < -0.3 is 16.0 Å². The molecule has 4 nitrogen and oxygen atoms in total. The van der Waals surface area contributed by atoms with Gasteiger partial charge in [-0.1, -0.05) is 36.4 Å². The van der Waals surface area contributed by atoms with Crippen LogP contribution in [-0.4, -0.2) is 16.5 Å². The number of carbonyl (C=O) groups is 1. The molecule has 0 bridgehead atoms. The number of nitrogens with two attached hydrogens (primary N) is 2. The minimum Gasteiger partial charge on any atom is -0.368 e. The Hall–Kier alpha value is -2.33. The molecule has 0 fully saturated rings. The summed E-state index contributed by atoms with van der Waals surface area (Å²) in [5.41, 5.74) is 13.3. The van der Waals surface area contributed by atoms with Crippen molar-refractivity contribution in [2.45, 2.75) is 19.0 Å². The van der Waals surface area contributed by atoms with Gasteiger partial charge in [-0.15, -0.1) is 0 Å². The molecule has 0 aliphatic carbocycles. The maximum Gasteiger partial charge on any atom is 0.234 e. The molecular weight excluding hydrogens is 250 g/mol. The van der Waals surface area contributed by atoms with E-state index in [-0.39, 0.29) is 0 Å². The molecule has 3 rings (SSSR count). The van der Waals surface area contributed by atoms with E-state index in [9.17, 15) is 4.79 Å². The second kappa shape index (κ2) is 4.98. The van der Waals surface area contributed by atoms with E-state index < -0.39 is 11.9 Å². The topological polar surface area (TPSA) is 74.0 Å². The van der Waals surface area contributed by atoms with Gasteiger partial charge in [0.2, 0.25) is 5.91 Å². The Labute approximate surface area is 117 Å². The van der Waals surface area contributed by atoms with Crippen LogP contribution < -0.4 is 11.5 Å². The van der Waals surface area contributed by atoms with Gasteiger partial charge in [-0.3, -0.25) is 4.79 Å². The molecule has 1 unspecified atom stereocenters. The van der Waals surface area contributed by atoms with Crippen molar-refractivity contribution in [2.24, 2.45) is 11.5 Å². The molecule has 3 aromatic rings. The zero-order chi connectivity index (χ0) is 14.1. The van der Waals surface area contributed by atoms with Gasteiger partial charge in [-0.05, 0) is 18.6 Å². The third-order valence-electron chi connectivity index (χ3n) is 3.71. The number of carbonyl (C=O) groups excluding carboxylic acids is 1. The van der Waals surface area contributed by atoms with E-state index in [4.69, 9.17) is 11.5 Å². The van der Waals surface area contributed by atoms with E-state index >= 15 is 0 Å². The van der Waals surface area contributed by atoms with Gasteiger partial charge in [0.1, 0.15) is 0 Å². The molecule has 0 saturated heterocycles. The molecule has 0 saturated carbocycles. The first-order valence-electron chi connectivity index (χ1n) is 6.69. The number of rotatable bonds is 4. The number of aromatic nitrogens is 1. The first-order valence-corrected chi connectivity index (χ1v) is 6.69. The van der Waals surface area contributed by atoms with E-state index in [0.717, 1.165) is 11.0 Å². The lowest BCUT2D eigenvalue weighted by molar-refractivity contribution is -0.119. The Bertz CT molecular complexity index is 722. The van der Waals surface area contributed by atoms with Gasteiger partial charge in [0.15, 0.2) is 0 Å². The molecule has 20 heavy (non-hydrogen) atoms. The zero-order valence-corrected chi connectivity index (χ0v) is 11.1. The summed E-state index contributed by atoms with van der Waals surface area (Å²) in [6, 6.07) is 15.9. The van der Waals surface area contributed by atoms with Crippen LogP contribution in [0, 0.1) is 0 Å². The Morgan fingerprint density at radius 3 is 2.00 bits per heavy atom. The second-order valence-corrected chi connectivity index (χ2v) is 4.98. The minimum absolute atomic E-state index is 0.453. The van der Waals surface area contributed by atoms with Crippen LogP contribution in [0.5, 0.6) is 0 Å². The molecule has 0 aliphatic rings. The summed E-state index contributed by atoms with van der Waals surface area (Å²) in [5, 5.41) is 2.44. The van der Waals surface area contributed by atoms with Gasteiger partial charge in [-0.25, -0.2) is 0 Å². The second-order valence-electron chi connectivity index (χ2n) is 4.98. The van der Waals surface area contributed by atoms with Crippen LogP contribution in [0.1, 0.15) is 6.42 Å². The number of aryl methyl sites for hydroxylation is 1. The van der Waals surface area contributed by atoms with E-state index in [0.29, 0.717) is 13.0 Å². The van der Waals surface area contributed by atoms with Crippen molar-refractivity contribution in [1.82, 2.24) is 4.57 Å². The van der Waals surface area contributed by atoms with Gasteiger partial charge in [-0.2, -0.15) is 0 Å². The van der Waals surface area contributed by atoms with Crippen molar-refractivity contribution >= 4 is 27.7 Å². The number of primary amides is 1. The first-order chi connectivity index (χ1) is 9.68. The summed E-state index contributed by atoms with van der Waals surface area (Å²) in [4.78, 5) is 11.1. The van der Waals surface area contributed by atoms with Crippen LogP contribution in [0.3, 0.4) is 0 Å². The normalized spacial score (nSPS) is 12.8. The molecule has 1 amide bonds. The highest BCUT2D eigenvalue weighted by Gasteiger charge is 2.13. The van der Waals surface area contributed by atoms with Crippen LogP contribution in [0.15, 0.2) is 48.5 Å². The Kier molecular flexibility index (Phi) is 3.16. The predicted octanol–water partition coefficient (Wildman–Crippen LogP) is 2.00. The third-order valence-corrected chi connectivity index (χ3v) is 3.71. The lowest BCUT2D eigenvalue weighted by Gasteiger charge is -2.10. The van der Waals surface area contributed by atoms with Gasteiger partial charge in [0, 0.05) is 28.4 Å². The summed E-state index contributed by atoms with van der Waals surface area (Å²) < 4.78 is 2.20. The van der Waals surface area contributed by atoms with Crippen molar-refractivity contribution in [1.29, 1.82) is 0 Å². The smallest absolute Gasteiger partial charge is 0.234 e. The highest BCUT2D eigenvalue weighted by molar-refractivity contribution is 6.07. The molecule has 0 radical (unpaired) electrons. The largest absolute Gasteiger partial charge is 0.368 e. The van der Waals surface area contributed by atoms with Gasteiger partial charge >= 0.3 is 0 Å². The molecule has 4 heteroatoms. The van der Waals surface area contributed by atoms with Crippen molar-refractivity contribution in [3.05, 3.63) is 48.5 Å². The number of hydrogen-bond donors (Lipinski definition) is 2. The van der Waals surface area contributed by atoms with Crippen molar-refractivity contribution < 1.29 is 4.79 Å². The SMILES string of the molecule is NC(=O)C(N)CCn1c2ccccc2c2ccccc21. The van der Waals surface area contributed by atoms with Gasteiger partial charge in [0.05, 0.1) is 6.04 Å². The number of fused-ring (bicyclic) bond motifs is 3. The van der Waals surface area contributed by atoms with Crippen LogP contribution in [-0.2, 0) is 11.3 Å². The van der Waals surface area contributed by atoms with Crippen LogP contribution in [0.4, 0.5) is 0 Å². The molecule has 0 aliphatic heterocycles. The highest BCUT2D eigenvalue weighted by atomic mass is 16.1. The van der Waals surface area contributed by atoms with Crippen molar-refractivity contribution in [3.8, 4) is 0 Å². The number of hydrogen-bond acceptors (Lipinski definition) is 2. The fourth-order valence-electron chi connectivity index (χ4n) is 2.65. The lowest BCUT2D eigenvalue weighted by atomic mass is 10.2. The molecule has 102 valence electrons. The lowest BCUT2D eigenvalue weighted by Crippen LogP contribution is -2.37. The van der Waals surface area contributed by atoms with E-state index in [2.05, 4.69) is 28.8 Å². The molecule has 4 N–H and O–H groups in total. The van der Waals surface area contributed by atoms with Crippen molar-refractivity contribution in [2.75, 3.05) is 0 Å². The zero-order valence-electron chi connectivity index (χ0n) is 11.1. The minimum atomic E-state index is -0.602. The number of amides is 1. The van der Waals surface area contributed by atoms with E-state index in [1.54, 1.807) is 0 Å². The standard InChI is InChI=1S/C16H17N3O/c17-13(16(18)20)9-10-19-14-7-3-1-5-11(14)12-6-2-4-8-15(12)19/h1-8,13H,9-10,17H2,(H2,18,20). The molecule has 2 aromatic carbocycles. The summed E-state index contributed by atoms with van der Waals surface area (Å²) in [6.07, 6.45) is 0.540. The summed E-state index contributed by atoms with van der Waals surface area (Å²) in [6.45, 7) is 0.679. The average Bonchev–Trinajstić information content (AvgIpc) is 2.79. The highest BCUT2D eigenvalue weighted by Crippen LogP contribution is 2.28. The molecule has 1 atom stereocenters. The Balaban J connectivity index is 2.09. The molecule has 1 heterocycles.